The van der Waals surface area contributed by atoms with Gasteiger partial charge in [0.15, 0.2) is 0 Å². The van der Waals surface area contributed by atoms with Gasteiger partial charge in [0.25, 0.3) is 0 Å². The molecule has 1 N–H and O–H groups in total. The van der Waals surface area contributed by atoms with Crippen LogP contribution in [0, 0.1) is 0 Å². The van der Waals surface area contributed by atoms with Crippen molar-refractivity contribution in [1.82, 2.24) is 5.32 Å². The zero-order valence-corrected chi connectivity index (χ0v) is 12.4. The van der Waals surface area contributed by atoms with Crippen molar-refractivity contribution < 1.29 is 9.47 Å². The summed E-state index contributed by atoms with van der Waals surface area (Å²) < 4.78 is 10.7. The van der Waals surface area contributed by atoms with E-state index >= 15 is 0 Å². The Hall–Kier alpha value is -0.740. The van der Waals surface area contributed by atoms with E-state index in [2.05, 4.69) is 11.4 Å². The Morgan fingerprint density at radius 2 is 2.21 bits per heavy atom. The molecule has 0 radical (unpaired) electrons. The summed E-state index contributed by atoms with van der Waals surface area (Å²) in [5.74, 6) is 0.717. The average Bonchev–Trinajstić information content (AvgIpc) is 2.38. The van der Waals surface area contributed by atoms with Gasteiger partial charge in [-0.2, -0.15) is 0 Å². The van der Waals surface area contributed by atoms with E-state index < -0.39 is 0 Å². The van der Waals surface area contributed by atoms with E-state index in [1.807, 2.05) is 6.07 Å². The smallest absolute Gasteiger partial charge is 0.145 e. The molecule has 0 aromatic heterocycles. The van der Waals surface area contributed by atoms with Gasteiger partial charge in [-0.25, -0.2) is 0 Å². The van der Waals surface area contributed by atoms with E-state index in [1.54, 1.807) is 13.2 Å². The van der Waals surface area contributed by atoms with E-state index in [-0.39, 0.29) is 0 Å². The highest BCUT2D eigenvalue weighted by atomic mass is 35.5. The van der Waals surface area contributed by atoms with E-state index in [0.29, 0.717) is 22.4 Å². The second-order valence-corrected chi connectivity index (χ2v) is 5.26. The number of halogens is 2. The number of methoxy groups -OCH3 is 1. The van der Waals surface area contributed by atoms with Gasteiger partial charge in [0.1, 0.15) is 12.4 Å². The lowest BCUT2D eigenvalue weighted by molar-refractivity contribution is 0.194. The largest absolute Gasteiger partial charge is 0.487 e. The summed E-state index contributed by atoms with van der Waals surface area (Å²) in [5.41, 5.74) is 2.13. The minimum absolute atomic E-state index is 0.561. The summed E-state index contributed by atoms with van der Waals surface area (Å²) in [5, 5.41) is 4.54. The molecule has 3 nitrogen and oxygen atoms in total. The third kappa shape index (κ3) is 4.11. The molecule has 1 heterocycles. The Bertz CT molecular complexity index is 475. The quantitative estimate of drug-likeness (QED) is 0.817. The SMILES string of the molecule is COCCCNCC1=Cc2cc(Cl)cc(Cl)c2OC1. The van der Waals surface area contributed by atoms with Gasteiger partial charge in [-0.1, -0.05) is 23.2 Å². The Balaban J connectivity index is 1.95. The molecule has 0 saturated heterocycles. The third-order valence-corrected chi connectivity index (χ3v) is 3.35. The lowest BCUT2D eigenvalue weighted by atomic mass is 10.1. The molecule has 0 aliphatic carbocycles. The first-order valence-corrected chi connectivity index (χ1v) is 6.97. The molecule has 2 rings (SSSR count). The average molecular weight is 302 g/mol. The van der Waals surface area contributed by atoms with Crippen molar-refractivity contribution in [1.29, 1.82) is 0 Å². The van der Waals surface area contributed by atoms with E-state index in [9.17, 15) is 0 Å². The van der Waals surface area contributed by atoms with Gasteiger partial charge in [0, 0.05) is 30.8 Å². The molecule has 0 fully saturated rings. The van der Waals surface area contributed by atoms with Crippen molar-refractivity contribution in [2.75, 3.05) is 33.4 Å². The lowest BCUT2D eigenvalue weighted by Gasteiger charge is -2.19. The summed E-state index contributed by atoms with van der Waals surface area (Å²) in [6, 6.07) is 3.57. The molecule has 0 spiro atoms. The summed E-state index contributed by atoms with van der Waals surface area (Å²) in [7, 11) is 1.71. The normalized spacial score (nSPS) is 13.7. The molecular formula is C14H17Cl2NO2. The predicted octanol–water partition coefficient (Wildman–Crippen LogP) is 3.40. The van der Waals surface area contributed by atoms with Gasteiger partial charge in [-0.3, -0.25) is 0 Å². The Kier molecular flexibility index (Phi) is 5.52. The fraction of sp³-hybridized carbons (Fsp3) is 0.429. The topological polar surface area (TPSA) is 30.5 Å². The van der Waals surface area contributed by atoms with Crippen LogP contribution in [0.15, 0.2) is 17.7 Å². The zero-order valence-electron chi connectivity index (χ0n) is 10.8. The van der Waals surface area contributed by atoms with Crippen LogP contribution < -0.4 is 10.1 Å². The summed E-state index contributed by atoms with van der Waals surface area (Å²) in [6.07, 6.45) is 3.08. The van der Waals surface area contributed by atoms with Crippen molar-refractivity contribution in [3.05, 3.63) is 33.3 Å². The fourth-order valence-corrected chi connectivity index (χ4v) is 2.52. The van der Waals surface area contributed by atoms with Crippen molar-refractivity contribution in [3.8, 4) is 5.75 Å². The van der Waals surface area contributed by atoms with Crippen molar-refractivity contribution in [2.24, 2.45) is 0 Å². The molecule has 0 atom stereocenters. The van der Waals surface area contributed by atoms with Crippen molar-refractivity contribution in [2.45, 2.75) is 6.42 Å². The van der Waals surface area contributed by atoms with E-state index in [1.165, 1.54) is 5.57 Å². The molecule has 19 heavy (non-hydrogen) atoms. The molecule has 104 valence electrons. The summed E-state index contributed by atoms with van der Waals surface area (Å²) in [4.78, 5) is 0. The van der Waals surface area contributed by atoms with E-state index in [4.69, 9.17) is 32.7 Å². The highest BCUT2D eigenvalue weighted by Gasteiger charge is 2.15. The predicted molar refractivity (Wildman–Crippen MR) is 79.3 cm³/mol. The van der Waals surface area contributed by atoms with E-state index in [0.717, 1.165) is 31.7 Å². The Morgan fingerprint density at radius 1 is 1.37 bits per heavy atom. The molecule has 1 aromatic carbocycles. The number of fused-ring (bicyclic) bond motifs is 1. The molecule has 1 aromatic rings. The first-order valence-electron chi connectivity index (χ1n) is 6.21. The van der Waals surface area contributed by atoms with Crippen molar-refractivity contribution >= 4 is 29.3 Å². The second-order valence-electron chi connectivity index (χ2n) is 4.42. The van der Waals surface area contributed by atoms with Crippen LogP contribution in [0.25, 0.3) is 6.08 Å². The second kappa shape index (κ2) is 7.15. The maximum absolute atomic E-state index is 6.09. The maximum Gasteiger partial charge on any atom is 0.145 e. The van der Waals surface area contributed by atoms with Gasteiger partial charge in [-0.05, 0) is 36.7 Å². The first kappa shape index (κ1) is 14.7. The van der Waals surface area contributed by atoms with Crippen LogP contribution in [0.5, 0.6) is 5.75 Å². The molecule has 0 amide bonds. The minimum atomic E-state index is 0.561. The molecule has 0 unspecified atom stereocenters. The van der Waals surface area contributed by atoms with Crippen LogP contribution >= 0.6 is 23.2 Å². The van der Waals surface area contributed by atoms with Gasteiger partial charge in [-0.15, -0.1) is 0 Å². The number of ether oxygens (including phenoxy) is 2. The van der Waals surface area contributed by atoms with Gasteiger partial charge >= 0.3 is 0 Å². The van der Waals surface area contributed by atoms with Crippen LogP contribution in [-0.4, -0.2) is 33.4 Å². The number of rotatable bonds is 6. The molecule has 1 aliphatic rings. The van der Waals surface area contributed by atoms with Crippen molar-refractivity contribution in [3.63, 3.8) is 0 Å². The number of hydrogen-bond acceptors (Lipinski definition) is 3. The Labute approximate surface area is 123 Å². The van der Waals surface area contributed by atoms with Crippen LogP contribution in [0.4, 0.5) is 0 Å². The van der Waals surface area contributed by atoms with Gasteiger partial charge in [0.05, 0.1) is 5.02 Å². The van der Waals surface area contributed by atoms with Crippen LogP contribution in [-0.2, 0) is 4.74 Å². The molecule has 5 heteroatoms. The van der Waals surface area contributed by atoms with Crippen LogP contribution in [0.3, 0.4) is 0 Å². The standard InChI is InChI=1S/C14H17Cl2NO2/c1-18-4-2-3-17-8-10-5-11-6-12(15)7-13(16)14(11)19-9-10/h5-7,17H,2-4,8-9H2,1H3. The summed E-state index contributed by atoms with van der Waals surface area (Å²) >= 11 is 12.1. The van der Waals surface area contributed by atoms with Crippen LogP contribution in [0.1, 0.15) is 12.0 Å². The zero-order chi connectivity index (χ0) is 13.7. The van der Waals surface area contributed by atoms with Gasteiger partial charge in [0.2, 0.25) is 0 Å². The molecule has 1 aliphatic heterocycles. The monoisotopic (exact) mass is 301 g/mol. The number of hydrogen-bond donors (Lipinski definition) is 1. The minimum Gasteiger partial charge on any atom is -0.487 e. The fourth-order valence-electron chi connectivity index (χ4n) is 1.96. The number of benzene rings is 1. The number of nitrogens with one attached hydrogen (secondary N) is 1. The highest BCUT2D eigenvalue weighted by molar-refractivity contribution is 6.36. The van der Waals surface area contributed by atoms with Crippen LogP contribution in [0.2, 0.25) is 10.0 Å². The lowest BCUT2D eigenvalue weighted by Crippen LogP contribution is -2.23. The highest BCUT2D eigenvalue weighted by Crippen LogP contribution is 2.36. The molecular weight excluding hydrogens is 285 g/mol. The summed E-state index contributed by atoms with van der Waals surface area (Å²) in [6.45, 7) is 3.06. The maximum atomic E-state index is 6.09. The Morgan fingerprint density at radius 3 is 3.00 bits per heavy atom. The first-order chi connectivity index (χ1) is 9.20. The molecule has 0 saturated carbocycles. The molecule has 0 bridgehead atoms. The van der Waals surface area contributed by atoms with Gasteiger partial charge < -0.3 is 14.8 Å². The third-order valence-electron chi connectivity index (χ3n) is 2.85.